The predicted molar refractivity (Wildman–Crippen MR) is 72.2 cm³/mol. The number of nitrogens with one attached hydrogen (secondary N) is 1. The van der Waals surface area contributed by atoms with Crippen LogP contribution in [0.2, 0.25) is 0 Å². The van der Waals surface area contributed by atoms with E-state index >= 15 is 0 Å². The Morgan fingerprint density at radius 2 is 2.25 bits per heavy atom. The number of ether oxygens (including phenoxy) is 1. The Hall–Kier alpha value is -2.24. The minimum absolute atomic E-state index is 0.248. The second-order valence-corrected chi connectivity index (χ2v) is 4.64. The van der Waals surface area contributed by atoms with Crippen LogP contribution < -0.4 is 5.32 Å². The number of nitrogens with zero attached hydrogens (tertiary/aromatic N) is 2. The number of carbonyl (C=O) groups is 2. The van der Waals surface area contributed by atoms with E-state index in [0.29, 0.717) is 17.2 Å². The van der Waals surface area contributed by atoms with Gasteiger partial charge in [-0.1, -0.05) is 6.08 Å². The van der Waals surface area contributed by atoms with Crippen LogP contribution in [0.15, 0.2) is 18.3 Å². The first-order valence-electron chi connectivity index (χ1n) is 6.48. The molecule has 0 unspecified atom stereocenters. The fourth-order valence-electron chi connectivity index (χ4n) is 1.72. The molecule has 0 bridgehead atoms. The number of methoxy groups -OCH3 is 1. The highest BCUT2D eigenvalue weighted by Crippen LogP contribution is 2.37. The molecule has 6 nitrogen and oxygen atoms in total. The number of carbonyl (C=O) groups excluding carboxylic acids is 2. The second kappa shape index (κ2) is 6.27. The van der Waals surface area contributed by atoms with Gasteiger partial charge >= 0.3 is 5.97 Å². The standard InChI is InChI=1S/C14H17N3O3/c1-9-11(8-16-13(17-9)10-5-6-10)14(19)15-7-3-4-12(18)20-2/h3-4,8,10H,5-7H2,1-2H3,(H,15,19)/b4-3+. The van der Waals surface area contributed by atoms with Gasteiger partial charge < -0.3 is 10.1 Å². The fourth-order valence-corrected chi connectivity index (χ4v) is 1.72. The van der Waals surface area contributed by atoms with E-state index < -0.39 is 5.97 Å². The SMILES string of the molecule is COC(=O)/C=C/CNC(=O)c1cnc(C2CC2)nc1C. The number of amides is 1. The third kappa shape index (κ3) is 3.63. The zero-order valence-electron chi connectivity index (χ0n) is 11.5. The van der Waals surface area contributed by atoms with E-state index in [2.05, 4.69) is 20.0 Å². The third-order valence-electron chi connectivity index (χ3n) is 3.02. The largest absolute Gasteiger partial charge is 0.466 e. The van der Waals surface area contributed by atoms with Gasteiger partial charge in [-0.05, 0) is 19.8 Å². The van der Waals surface area contributed by atoms with Gasteiger partial charge in [0.25, 0.3) is 5.91 Å². The highest BCUT2D eigenvalue weighted by Gasteiger charge is 2.27. The van der Waals surface area contributed by atoms with Crippen LogP contribution in [0, 0.1) is 6.92 Å². The van der Waals surface area contributed by atoms with Crippen molar-refractivity contribution in [2.24, 2.45) is 0 Å². The van der Waals surface area contributed by atoms with E-state index in [1.54, 1.807) is 13.1 Å². The molecule has 0 radical (unpaired) electrons. The maximum atomic E-state index is 11.9. The Balaban J connectivity index is 1.92. The highest BCUT2D eigenvalue weighted by molar-refractivity contribution is 5.95. The van der Waals surface area contributed by atoms with Crippen molar-refractivity contribution < 1.29 is 14.3 Å². The smallest absolute Gasteiger partial charge is 0.330 e. The van der Waals surface area contributed by atoms with Crippen LogP contribution in [0.1, 0.15) is 40.6 Å². The summed E-state index contributed by atoms with van der Waals surface area (Å²) in [5.41, 5.74) is 1.14. The lowest BCUT2D eigenvalue weighted by molar-refractivity contribution is -0.134. The van der Waals surface area contributed by atoms with E-state index in [4.69, 9.17) is 0 Å². The van der Waals surface area contributed by atoms with Gasteiger partial charge in [-0.25, -0.2) is 14.8 Å². The molecule has 6 heteroatoms. The minimum Gasteiger partial charge on any atom is -0.466 e. The van der Waals surface area contributed by atoms with Crippen LogP contribution >= 0.6 is 0 Å². The van der Waals surface area contributed by atoms with Gasteiger partial charge in [0.1, 0.15) is 5.82 Å². The van der Waals surface area contributed by atoms with Gasteiger partial charge in [0.05, 0.1) is 18.4 Å². The van der Waals surface area contributed by atoms with Crippen molar-refractivity contribution in [3.8, 4) is 0 Å². The first-order valence-corrected chi connectivity index (χ1v) is 6.48. The molecule has 0 saturated heterocycles. The third-order valence-corrected chi connectivity index (χ3v) is 3.02. The van der Waals surface area contributed by atoms with Crippen LogP contribution in [0.25, 0.3) is 0 Å². The lowest BCUT2D eigenvalue weighted by Crippen LogP contribution is -2.25. The summed E-state index contributed by atoms with van der Waals surface area (Å²) < 4.78 is 4.44. The molecule has 0 aromatic carbocycles. The van der Waals surface area contributed by atoms with Crippen LogP contribution in [-0.2, 0) is 9.53 Å². The molecule has 0 spiro atoms. The number of aryl methyl sites for hydroxylation is 1. The average Bonchev–Trinajstić information content (AvgIpc) is 3.27. The molecule has 1 heterocycles. The van der Waals surface area contributed by atoms with Gasteiger partial charge in [0.15, 0.2) is 0 Å². The predicted octanol–water partition coefficient (Wildman–Crippen LogP) is 1.12. The molecule has 1 aliphatic carbocycles. The van der Waals surface area contributed by atoms with Crippen LogP contribution in [-0.4, -0.2) is 35.5 Å². The lowest BCUT2D eigenvalue weighted by atomic mass is 10.2. The minimum atomic E-state index is -0.451. The first kappa shape index (κ1) is 14.2. The summed E-state index contributed by atoms with van der Waals surface area (Å²) in [4.78, 5) is 31.4. The summed E-state index contributed by atoms with van der Waals surface area (Å²) >= 11 is 0. The molecule has 1 aromatic rings. The number of hydrogen-bond donors (Lipinski definition) is 1. The van der Waals surface area contributed by atoms with Gasteiger partial charge in [-0.2, -0.15) is 0 Å². The normalized spacial score (nSPS) is 14.3. The summed E-state index contributed by atoms with van der Waals surface area (Å²) in [6.07, 6.45) is 6.61. The first-order chi connectivity index (χ1) is 9.61. The molecule has 1 saturated carbocycles. The van der Waals surface area contributed by atoms with Gasteiger partial charge in [0.2, 0.25) is 0 Å². The quantitative estimate of drug-likeness (QED) is 0.643. The molecule has 1 fully saturated rings. The van der Waals surface area contributed by atoms with Gasteiger partial charge in [-0.15, -0.1) is 0 Å². The van der Waals surface area contributed by atoms with Crippen molar-refractivity contribution in [2.75, 3.05) is 13.7 Å². The zero-order valence-corrected chi connectivity index (χ0v) is 11.5. The lowest BCUT2D eigenvalue weighted by Gasteiger charge is -2.06. The average molecular weight is 275 g/mol. The zero-order chi connectivity index (χ0) is 14.5. The Morgan fingerprint density at radius 3 is 2.85 bits per heavy atom. The molecule has 0 aliphatic heterocycles. The molecule has 1 aliphatic rings. The van der Waals surface area contributed by atoms with Crippen molar-refractivity contribution in [2.45, 2.75) is 25.7 Å². The monoisotopic (exact) mass is 275 g/mol. The summed E-state index contributed by atoms with van der Waals surface area (Å²) in [6.45, 7) is 2.05. The van der Waals surface area contributed by atoms with E-state index in [1.807, 2.05) is 0 Å². The highest BCUT2D eigenvalue weighted by atomic mass is 16.5. The van der Waals surface area contributed by atoms with Crippen LogP contribution in [0.5, 0.6) is 0 Å². The van der Waals surface area contributed by atoms with Crippen LogP contribution in [0.4, 0.5) is 0 Å². The van der Waals surface area contributed by atoms with E-state index in [0.717, 1.165) is 18.7 Å². The van der Waals surface area contributed by atoms with Crippen molar-refractivity contribution in [3.05, 3.63) is 35.4 Å². The summed E-state index contributed by atoms with van der Waals surface area (Å²) in [6, 6.07) is 0. The molecule has 0 atom stereocenters. The number of aromatic nitrogens is 2. The van der Waals surface area contributed by atoms with Gasteiger partial charge in [0, 0.05) is 24.7 Å². The molecule has 1 N–H and O–H groups in total. The Bertz CT molecular complexity index is 551. The summed E-state index contributed by atoms with van der Waals surface area (Å²) in [5, 5.41) is 2.67. The molecule has 1 amide bonds. The Morgan fingerprint density at radius 1 is 1.50 bits per heavy atom. The summed E-state index contributed by atoms with van der Waals surface area (Å²) in [5.74, 6) is 0.588. The topological polar surface area (TPSA) is 81.2 Å². The molecule has 20 heavy (non-hydrogen) atoms. The van der Waals surface area contributed by atoms with Crippen molar-refractivity contribution in [1.29, 1.82) is 0 Å². The molecular weight excluding hydrogens is 258 g/mol. The van der Waals surface area contributed by atoms with Crippen molar-refractivity contribution in [3.63, 3.8) is 0 Å². The molecule has 2 rings (SSSR count). The van der Waals surface area contributed by atoms with Crippen molar-refractivity contribution in [1.82, 2.24) is 15.3 Å². The number of hydrogen-bond acceptors (Lipinski definition) is 5. The van der Waals surface area contributed by atoms with E-state index in [-0.39, 0.29) is 12.5 Å². The Kier molecular flexibility index (Phi) is 4.45. The van der Waals surface area contributed by atoms with Crippen molar-refractivity contribution >= 4 is 11.9 Å². The maximum absolute atomic E-state index is 11.9. The second-order valence-electron chi connectivity index (χ2n) is 4.64. The fraction of sp³-hybridized carbons (Fsp3) is 0.429. The number of rotatable bonds is 5. The summed E-state index contributed by atoms with van der Waals surface area (Å²) in [7, 11) is 1.30. The van der Waals surface area contributed by atoms with E-state index in [9.17, 15) is 9.59 Å². The number of esters is 1. The van der Waals surface area contributed by atoms with E-state index in [1.165, 1.54) is 19.3 Å². The van der Waals surface area contributed by atoms with Crippen LogP contribution in [0.3, 0.4) is 0 Å². The Labute approximate surface area is 117 Å². The molecule has 1 aromatic heterocycles. The molecule has 106 valence electrons. The molecular formula is C14H17N3O3. The van der Waals surface area contributed by atoms with Gasteiger partial charge in [-0.3, -0.25) is 4.79 Å². The maximum Gasteiger partial charge on any atom is 0.330 e.